The Labute approximate surface area is 132 Å². The standard InChI is InChI=1S/C19H19N.ClH/c1-20-12-6-11-19-13-16(14-7-2-4-9-17(14)19)15-8-3-5-10-18(15)19;/h2-11,16,20H,12-13H2,1H3;1H. The molecule has 1 N–H and O–H groups in total. The number of nitrogens with one attached hydrogen (secondary N) is 1. The van der Waals surface area contributed by atoms with E-state index < -0.39 is 0 Å². The highest BCUT2D eigenvalue weighted by molar-refractivity contribution is 5.85. The van der Waals surface area contributed by atoms with Crippen molar-refractivity contribution in [1.82, 2.24) is 5.32 Å². The van der Waals surface area contributed by atoms with Crippen molar-refractivity contribution in [2.45, 2.75) is 17.8 Å². The van der Waals surface area contributed by atoms with Gasteiger partial charge in [-0.15, -0.1) is 12.4 Å². The number of likely N-dealkylation sites (N-methyl/N-ethyl adjacent to an activating group) is 1. The molecule has 2 aromatic carbocycles. The zero-order valence-electron chi connectivity index (χ0n) is 12.2. The summed E-state index contributed by atoms with van der Waals surface area (Å²) in [4.78, 5) is 0. The molecule has 0 saturated heterocycles. The molecule has 0 spiro atoms. The number of hydrogen-bond acceptors (Lipinski definition) is 1. The molecule has 2 heteroatoms. The highest BCUT2D eigenvalue weighted by Gasteiger charge is 2.50. The monoisotopic (exact) mass is 297 g/mol. The van der Waals surface area contributed by atoms with Crippen LogP contribution in [0.25, 0.3) is 0 Å². The molecule has 1 nitrogen and oxygen atoms in total. The summed E-state index contributed by atoms with van der Waals surface area (Å²) in [5.74, 6) is 0.585. The minimum absolute atomic E-state index is 0. The quantitative estimate of drug-likeness (QED) is 0.844. The van der Waals surface area contributed by atoms with Crippen molar-refractivity contribution in [3.05, 3.63) is 82.9 Å². The van der Waals surface area contributed by atoms with Crippen LogP contribution in [0, 0.1) is 0 Å². The summed E-state index contributed by atoms with van der Waals surface area (Å²) < 4.78 is 0. The fraction of sp³-hybridized carbons (Fsp3) is 0.263. The summed E-state index contributed by atoms with van der Waals surface area (Å²) in [7, 11) is 2.00. The van der Waals surface area contributed by atoms with Gasteiger partial charge in [-0.2, -0.15) is 0 Å². The van der Waals surface area contributed by atoms with E-state index in [2.05, 4.69) is 66.0 Å². The molecule has 21 heavy (non-hydrogen) atoms. The normalized spacial score (nSPS) is 24.7. The van der Waals surface area contributed by atoms with Crippen molar-refractivity contribution in [2.75, 3.05) is 13.6 Å². The van der Waals surface area contributed by atoms with Gasteiger partial charge in [0.2, 0.25) is 0 Å². The predicted octanol–water partition coefficient (Wildman–Crippen LogP) is 4.02. The minimum Gasteiger partial charge on any atom is -0.316 e. The fourth-order valence-electron chi connectivity index (χ4n) is 4.11. The average molecular weight is 298 g/mol. The van der Waals surface area contributed by atoms with Gasteiger partial charge in [-0.1, -0.05) is 60.7 Å². The summed E-state index contributed by atoms with van der Waals surface area (Å²) in [6, 6.07) is 17.9. The van der Waals surface area contributed by atoms with Crippen molar-refractivity contribution >= 4 is 12.4 Å². The Morgan fingerprint density at radius 3 is 2.19 bits per heavy atom. The van der Waals surface area contributed by atoms with E-state index in [-0.39, 0.29) is 17.8 Å². The average Bonchev–Trinajstić information content (AvgIpc) is 3.01. The summed E-state index contributed by atoms with van der Waals surface area (Å²) in [6.45, 7) is 0.927. The van der Waals surface area contributed by atoms with Gasteiger partial charge in [0.25, 0.3) is 0 Å². The molecule has 2 aliphatic rings. The van der Waals surface area contributed by atoms with Crippen LogP contribution >= 0.6 is 12.4 Å². The molecule has 4 rings (SSSR count). The molecule has 108 valence electrons. The third-order valence-electron chi connectivity index (χ3n) is 4.88. The molecule has 0 aliphatic heterocycles. The lowest BCUT2D eigenvalue weighted by molar-refractivity contribution is 0.655. The first-order valence-electron chi connectivity index (χ1n) is 7.38. The van der Waals surface area contributed by atoms with E-state index in [4.69, 9.17) is 0 Å². The summed E-state index contributed by atoms with van der Waals surface area (Å²) in [5, 5.41) is 3.21. The second kappa shape index (κ2) is 5.32. The molecule has 0 unspecified atom stereocenters. The highest BCUT2D eigenvalue weighted by Crippen LogP contribution is 2.60. The molecule has 2 aromatic rings. The van der Waals surface area contributed by atoms with E-state index in [0.717, 1.165) is 6.54 Å². The molecule has 0 atom stereocenters. The topological polar surface area (TPSA) is 12.0 Å². The van der Waals surface area contributed by atoms with E-state index in [1.807, 2.05) is 7.05 Å². The zero-order valence-corrected chi connectivity index (χ0v) is 13.0. The molecular weight excluding hydrogens is 278 g/mol. The van der Waals surface area contributed by atoms with Gasteiger partial charge in [-0.3, -0.25) is 0 Å². The number of benzene rings is 2. The number of rotatable bonds is 3. The second-order valence-electron chi connectivity index (χ2n) is 5.86. The van der Waals surface area contributed by atoms with Gasteiger partial charge < -0.3 is 5.32 Å². The van der Waals surface area contributed by atoms with Gasteiger partial charge in [0, 0.05) is 17.9 Å². The molecule has 0 fully saturated rings. The first-order chi connectivity index (χ1) is 9.87. The van der Waals surface area contributed by atoms with E-state index in [9.17, 15) is 0 Å². The minimum atomic E-state index is 0. The van der Waals surface area contributed by atoms with Crippen molar-refractivity contribution in [3.8, 4) is 0 Å². The lowest BCUT2D eigenvalue weighted by atomic mass is 9.75. The van der Waals surface area contributed by atoms with Crippen molar-refractivity contribution < 1.29 is 0 Å². The summed E-state index contributed by atoms with van der Waals surface area (Å²) in [5.41, 5.74) is 6.18. The maximum Gasteiger partial charge on any atom is 0.0397 e. The molecule has 0 saturated carbocycles. The van der Waals surface area contributed by atoms with Crippen LogP contribution < -0.4 is 5.32 Å². The Balaban J connectivity index is 0.00000132. The van der Waals surface area contributed by atoms with Gasteiger partial charge >= 0.3 is 0 Å². The first kappa shape index (κ1) is 14.4. The highest BCUT2D eigenvalue weighted by atomic mass is 35.5. The third-order valence-corrected chi connectivity index (χ3v) is 4.88. The molecule has 0 aromatic heterocycles. The molecule has 0 amide bonds. The maximum absolute atomic E-state index is 3.21. The third kappa shape index (κ3) is 1.88. The Morgan fingerprint density at radius 2 is 1.62 bits per heavy atom. The van der Waals surface area contributed by atoms with Crippen LogP contribution in [0.1, 0.15) is 34.6 Å². The van der Waals surface area contributed by atoms with Crippen LogP contribution in [0.15, 0.2) is 60.7 Å². The Kier molecular flexibility index (Phi) is 3.64. The number of hydrogen-bond donors (Lipinski definition) is 1. The zero-order chi connectivity index (χ0) is 13.6. The van der Waals surface area contributed by atoms with Crippen LogP contribution in [0.3, 0.4) is 0 Å². The first-order valence-corrected chi connectivity index (χ1v) is 7.38. The lowest BCUT2D eigenvalue weighted by Gasteiger charge is -2.28. The van der Waals surface area contributed by atoms with E-state index in [1.165, 1.54) is 28.7 Å². The summed E-state index contributed by atoms with van der Waals surface area (Å²) >= 11 is 0. The van der Waals surface area contributed by atoms with Gasteiger partial charge in [0.05, 0.1) is 0 Å². The lowest BCUT2D eigenvalue weighted by Crippen LogP contribution is -2.21. The molecule has 0 heterocycles. The Morgan fingerprint density at radius 1 is 1.05 bits per heavy atom. The number of allylic oxidation sites excluding steroid dienone is 1. The fourth-order valence-corrected chi connectivity index (χ4v) is 4.11. The smallest absolute Gasteiger partial charge is 0.0397 e. The molecular formula is C19H20ClN. The van der Waals surface area contributed by atoms with Gasteiger partial charge in [-0.05, 0) is 35.7 Å². The SMILES string of the molecule is CNCC=CC12CC(c3ccccc31)c1ccccc12.Cl. The van der Waals surface area contributed by atoms with Crippen LogP contribution in [0.2, 0.25) is 0 Å². The van der Waals surface area contributed by atoms with Crippen LogP contribution in [0.5, 0.6) is 0 Å². The molecule has 2 bridgehead atoms. The van der Waals surface area contributed by atoms with Gasteiger partial charge in [-0.25, -0.2) is 0 Å². The predicted molar refractivity (Wildman–Crippen MR) is 90.4 cm³/mol. The van der Waals surface area contributed by atoms with E-state index >= 15 is 0 Å². The number of fused-ring (bicyclic) bond motifs is 8. The largest absolute Gasteiger partial charge is 0.316 e. The van der Waals surface area contributed by atoms with Crippen LogP contribution in [0.4, 0.5) is 0 Å². The van der Waals surface area contributed by atoms with Gasteiger partial charge in [0.1, 0.15) is 0 Å². The Hall–Kier alpha value is -1.57. The molecule has 2 aliphatic carbocycles. The van der Waals surface area contributed by atoms with Crippen LogP contribution in [-0.2, 0) is 5.41 Å². The van der Waals surface area contributed by atoms with Crippen molar-refractivity contribution in [2.24, 2.45) is 0 Å². The van der Waals surface area contributed by atoms with Crippen LogP contribution in [-0.4, -0.2) is 13.6 Å². The number of halogens is 1. The van der Waals surface area contributed by atoms with E-state index in [1.54, 1.807) is 0 Å². The van der Waals surface area contributed by atoms with Crippen molar-refractivity contribution in [3.63, 3.8) is 0 Å². The van der Waals surface area contributed by atoms with Crippen molar-refractivity contribution in [1.29, 1.82) is 0 Å². The maximum atomic E-state index is 3.21. The second-order valence-corrected chi connectivity index (χ2v) is 5.86. The molecule has 0 radical (unpaired) electrons. The van der Waals surface area contributed by atoms with E-state index in [0.29, 0.717) is 5.92 Å². The Bertz CT molecular complexity index is 642. The van der Waals surface area contributed by atoms with Gasteiger partial charge in [0.15, 0.2) is 0 Å². The summed E-state index contributed by atoms with van der Waals surface area (Å²) in [6.07, 6.45) is 5.90.